The second-order valence-corrected chi connectivity index (χ2v) is 3.95. The van der Waals surface area contributed by atoms with Gasteiger partial charge in [-0.05, 0) is 17.2 Å². The highest BCUT2D eigenvalue weighted by Gasteiger charge is 1.99. The Labute approximate surface area is 106 Å². The number of benzene rings is 2. The van der Waals surface area contributed by atoms with Crippen molar-refractivity contribution in [3.8, 4) is 0 Å². The topological polar surface area (TPSA) is 37.0 Å². The van der Waals surface area contributed by atoms with Crippen LogP contribution >= 0.6 is 0 Å². The van der Waals surface area contributed by atoms with Gasteiger partial charge in [0.1, 0.15) is 6.61 Å². The van der Waals surface area contributed by atoms with Crippen molar-refractivity contribution in [2.45, 2.75) is 6.61 Å². The summed E-state index contributed by atoms with van der Waals surface area (Å²) in [7, 11) is 0. The summed E-state index contributed by atoms with van der Waals surface area (Å²) in [5, 5.41) is 10.6. The zero-order valence-electron chi connectivity index (χ0n) is 9.87. The molecular weight excluding hydrogens is 224 g/mol. The van der Waals surface area contributed by atoms with Crippen LogP contribution in [0.1, 0.15) is 21.5 Å². The monoisotopic (exact) mass is 237 g/mol. The van der Waals surface area contributed by atoms with Crippen LogP contribution < -0.4 is 0 Å². The van der Waals surface area contributed by atoms with Crippen molar-refractivity contribution < 1.29 is 9.90 Å². The minimum Gasteiger partial charge on any atom is -0.289 e. The number of ketones is 1. The Hall–Kier alpha value is -2.19. The minimum absolute atomic E-state index is 0.0245. The Morgan fingerprint density at radius 2 is 1.61 bits per heavy atom. The van der Waals surface area contributed by atoms with E-state index in [-0.39, 0.29) is 12.4 Å². The summed E-state index contributed by atoms with van der Waals surface area (Å²) < 4.78 is 0. The van der Waals surface area contributed by atoms with Gasteiger partial charge < -0.3 is 0 Å². The fourth-order valence-corrected chi connectivity index (χ4v) is 1.60. The molecule has 89 valence electrons. The standard InChI is InChI=1S/C16H13O2/c17-12-14-8-6-13(7-9-14)10-11-16(18)15-4-2-1-3-5-15/h1-11H,12H2/b11-10+. The SMILES string of the molecule is [O]Cc1ccc(/C=C/C(=O)c2ccccc2)cc1. The second kappa shape index (κ2) is 5.94. The molecule has 0 bridgehead atoms. The highest BCUT2D eigenvalue weighted by atomic mass is 16.3. The van der Waals surface area contributed by atoms with Crippen molar-refractivity contribution in [2.75, 3.05) is 0 Å². The van der Waals surface area contributed by atoms with Gasteiger partial charge in [0.15, 0.2) is 5.78 Å². The van der Waals surface area contributed by atoms with E-state index in [1.54, 1.807) is 36.4 Å². The number of allylic oxidation sites excluding steroid dienone is 1. The Morgan fingerprint density at radius 1 is 0.944 bits per heavy atom. The van der Waals surface area contributed by atoms with E-state index < -0.39 is 0 Å². The fourth-order valence-electron chi connectivity index (χ4n) is 1.60. The van der Waals surface area contributed by atoms with E-state index in [2.05, 4.69) is 0 Å². The number of hydrogen-bond donors (Lipinski definition) is 0. The molecule has 0 saturated heterocycles. The van der Waals surface area contributed by atoms with Gasteiger partial charge >= 0.3 is 0 Å². The number of carbonyl (C=O) groups is 1. The van der Waals surface area contributed by atoms with Crippen LogP contribution in [0.2, 0.25) is 0 Å². The maximum atomic E-state index is 11.8. The van der Waals surface area contributed by atoms with Gasteiger partial charge in [-0.25, -0.2) is 5.11 Å². The first-order valence-corrected chi connectivity index (χ1v) is 5.74. The van der Waals surface area contributed by atoms with Crippen LogP contribution in [0.5, 0.6) is 0 Å². The molecule has 2 aromatic rings. The lowest BCUT2D eigenvalue weighted by atomic mass is 10.1. The molecule has 0 saturated carbocycles. The molecule has 0 aliphatic carbocycles. The molecule has 0 atom stereocenters. The maximum absolute atomic E-state index is 11.8. The zero-order valence-corrected chi connectivity index (χ0v) is 9.87. The van der Waals surface area contributed by atoms with Crippen LogP contribution in [-0.4, -0.2) is 5.78 Å². The summed E-state index contributed by atoms with van der Waals surface area (Å²) >= 11 is 0. The average Bonchev–Trinajstić information content (AvgIpc) is 2.46. The summed E-state index contributed by atoms with van der Waals surface area (Å²) in [5.41, 5.74) is 2.34. The summed E-state index contributed by atoms with van der Waals surface area (Å²) in [6.07, 6.45) is 3.30. The minimum atomic E-state index is -0.215. The molecule has 2 heteroatoms. The van der Waals surface area contributed by atoms with E-state index in [9.17, 15) is 9.90 Å². The first-order chi connectivity index (χ1) is 8.79. The Morgan fingerprint density at radius 3 is 2.22 bits per heavy atom. The van der Waals surface area contributed by atoms with E-state index >= 15 is 0 Å². The molecule has 0 heterocycles. The lowest BCUT2D eigenvalue weighted by Gasteiger charge is -1.97. The van der Waals surface area contributed by atoms with Gasteiger partial charge in [0.05, 0.1) is 0 Å². The van der Waals surface area contributed by atoms with Crippen molar-refractivity contribution in [1.82, 2.24) is 0 Å². The predicted molar refractivity (Wildman–Crippen MR) is 70.6 cm³/mol. The van der Waals surface area contributed by atoms with E-state index in [1.165, 1.54) is 0 Å². The van der Waals surface area contributed by atoms with Gasteiger partial charge in [-0.15, -0.1) is 0 Å². The molecule has 0 fully saturated rings. The molecule has 0 aromatic heterocycles. The van der Waals surface area contributed by atoms with Crippen molar-refractivity contribution in [3.63, 3.8) is 0 Å². The molecule has 0 aliphatic rings. The van der Waals surface area contributed by atoms with Crippen LogP contribution in [0.3, 0.4) is 0 Å². The maximum Gasteiger partial charge on any atom is 0.185 e. The van der Waals surface area contributed by atoms with Gasteiger partial charge in [0.2, 0.25) is 0 Å². The van der Waals surface area contributed by atoms with Crippen molar-refractivity contribution >= 4 is 11.9 Å². The van der Waals surface area contributed by atoms with E-state index in [0.717, 1.165) is 11.1 Å². The Bertz CT molecular complexity index is 539. The molecule has 0 aliphatic heterocycles. The van der Waals surface area contributed by atoms with Gasteiger partial charge in [-0.2, -0.15) is 0 Å². The first-order valence-electron chi connectivity index (χ1n) is 5.74. The summed E-state index contributed by atoms with van der Waals surface area (Å²) in [5.74, 6) is -0.0245. The number of hydrogen-bond acceptors (Lipinski definition) is 1. The lowest BCUT2D eigenvalue weighted by molar-refractivity contribution is 0.104. The van der Waals surface area contributed by atoms with Crippen LogP contribution in [0.4, 0.5) is 0 Å². The van der Waals surface area contributed by atoms with Gasteiger partial charge in [-0.1, -0.05) is 60.7 Å². The van der Waals surface area contributed by atoms with Crippen LogP contribution in [0.15, 0.2) is 60.7 Å². The van der Waals surface area contributed by atoms with Crippen molar-refractivity contribution in [1.29, 1.82) is 0 Å². The summed E-state index contributed by atoms with van der Waals surface area (Å²) in [6.45, 7) is -0.215. The quantitative estimate of drug-likeness (QED) is 0.592. The van der Waals surface area contributed by atoms with Gasteiger partial charge in [-0.3, -0.25) is 4.79 Å². The molecule has 0 amide bonds. The first kappa shape index (κ1) is 12.3. The molecule has 1 radical (unpaired) electrons. The Kier molecular flexibility index (Phi) is 4.05. The number of rotatable bonds is 4. The van der Waals surface area contributed by atoms with E-state index in [0.29, 0.717) is 5.56 Å². The molecule has 18 heavy (non-hydrogen) atoms. The van der Waals surface area contributed by atoms with Crippen molar-refractivity contribution in [2.24, 2.45) is 0 Å². The number of carbonyl (C=O) groups excluding carboxylic acids is 1. The van der Waals surface area contributed by atoms with E-state index in [1.807, 2.05) is 30.3 Å². The van der Waals surface area contributed by atoms with E-state index in [4.69, 9.17) is 0 Å². The normalized spacial score (nSPS) is 10.7. The lowest BCUT2D eigenvalue weighted by Crippen LogP contribution is -1.92. The molecular formula is C16H13O2. The summed E-state index contributed by atoms with van der Waals surface area (Å²) in [4.78, 5) is 11.8. The average molecular weight is 237 g/mol. The Balaban J connectivity index is 2.08. The molecule has 0 N–H and O–H groups in total. The molecule has 0 spiro atoms. The van der Waals surface area contributed by atoms with Crippen molar-refractivity contribution in [3.05, 3.63) is 77.4 Å². The smallest absolute Gasteiger partial charge is 0.185 e. The largest absolute Gasteiger partial charge is 0.289 e. The van der Waals surface area contributed by atoms with Gasteiger partial charge in [0, 0.05) is 5.56 Å². The second-order valence-electron chi connectivity index (χ2n) is 3.95. The highest BCUT2D eigenvalue weighted by Crippen LogP contribution is 2.08. The van der Waals surface area contributed by atoms with Crippen LogP contribution in [0.25, 0.3) is 6.08 Å². The molecule has 2 aromatic carbocycles. The third kappa shape index (κ3) is 3.15. The van der Waals surface area contributed by atoms with Crippen LogP contribution in [0, 0.1) is 0 Å². The fraction of sp³-hybridized carbons (Fsp3) is 0.0625. The highest BCUT2D eigenvalue weighted by molar-refractivity contribution is 6.06. The molecule has 2 rings (SSSR count). The van der Waals surface area contributed by atoms with Crippen LogP contribution in [-0.2, 0) is 11.7 Å². The molecule has 2 nitrogen and oxygen atoms in total. The summed E-state index contributed by atoms with van der Waals surface area (Å²) in [6, 6.07) is 16.3. The third-order valence-electron chi connectivity index (χ3n) is 2.63. The molecule has 0 unspecified atom stereocenters. The third-order valence-corrected chi connectivity index (χ3v) is 2.63. The zero-order chi connectivity index (χ0) is 12.8. The van der Waals surface area contributed by atoms with Gasteiger partial charge in [0.25, 0.3) is 0 Å². The predicted octanol–water partition coefficient (Wildman–Crippen LogP) is 3.51.